The zero-order valence-corrected chi connectivity index (χ0v) is 10.2. The van der Waals surface area contributed by atoms with Gasteiger partial charge < -0.3 is 14.6 Å². The number of aliphatic hydroxyl groups excluding tert-OH is 1. The summed E-state index contributed by atoms with van der Waals surface area (Å²) in [5.74, 6) is 0.605. The van der Waals surface area contributed by atoms with Gasteiger partial charge in [0.25, 0.3) is 6.48 Å². The number of aliphatic hydroxyl groups is 1. The molecule has 2 rings (SSSR count). The van der Waals surface area contributed by atoms with Crippen molar-refractivity contribution in [2.75, 3.05) is 7.11 Å². The van der Waals surface area contributed by atoms with Gasteiger partial charge in [0.2, 0.25) is 0 Å². The number of hydrogen-bond donors (Lipinski definition) is 1. The Balaban J connectivity index is 2.11. The van der Waals surface area contributed by atoms with Crippen LogP contribution in [0.15, 0.2) is 11.6 Å². The van der Waals surface area contributed by atoms with Crippen LogP contribution in [0.1, 0.15) is 45.4 Å². The number of fused-ring (bicyclic) bond motifs is 2. The van der Waals surface area contributed by atoms with Gasteiger partial charge in [-0.15, -0.1) is 0 Å². The van der Waals surface area contributed by atoms with Crippen LogP contribution in [0.25, 0.3) is 0 Å². The molecule has 2 bridgehead atoms. The van der Waals surface area contributed by atoms with Crippen LogP contribution in [0.4, 0.5) is 0 Å². The molecule has 0 heterocycles. The van der Waals surface area contributed by atoms with Crippen LogP contribution in [-0.4, -0.2) is 24.3 Å². The minimum absolute atomic E-state index is 0.168. The van der Waals surface area contributed by atoms with Crippen LogP contribution in [0.3, 0.4) is 0 Å². The topological polar surface area (TPSA) is 38.7 Å². The molecule has 0 amide bonds. The second kappa shape index (κ2) is 4.86. The third-order valence-electron chi connectivity index (χ3n) is 3.86. The first kappa shape index (κ1) is 12.1. The van der Waals surface area contributed by atoms with Crippen molar-refractivity contribution in [2.45, 2.75) is 57.5 Å². The highest BCUT2D eigenvalue weighted by atomic mass is 16.8. The van der Waals surface area contributed by atoms with E-state index in [0.717, 1.165) is 25.7 Å². The molecule has 1 N–H and O–H groups in total. The van der Waals surface area contributed by atoms with E-state index < -0.39 is 6.48 Å². The Kier molecular flexibility index (Phi) is 3.67. The summed E-state index contributed by atoms with van der Waals surface area (Å²) in [5, 5.41) is 9.51. The lowest BCUT2D eigenvalue weighted by atomic mass is 9.70. The van der Waals surface area contributed by atoms with E-state index in [1.165, 1.54) is 25.5 Å². The molecule has 0 aromatic rings. The number of ether oxygens (including phenoxy) is 2. The van der Waals surface area contributed by atoms with Crippen LogP contribution >= 0.6 is 0 Å². The van der Waals surface area contributed by atoms with E-state index in [1.807, 2.05) is 0 Å². The zero-order chi connectivity index (χ0) is 11.6. The lowest BCUT2D eigenvalue weighted by Gasteiger charge is -2.44. The predicted octanol–water partition coefficient (Wildman–Crippen LogP) is 2.59. The van der Waals surface area contributed by atoms with Crippen molar-refractivity contribution in [2.24, 2.45) is 5.92 Å². The van der Waals surface area contributed by atoms with Gasteiger partial charge in [0.15, 0.2) is 0 Å². The van der Waals surface area contributed by atoms with Crippen molar-refractivity contribution in [1.29, 1.82) is 0 Å². The van der Waals surface area contributed by atoms with E-state index in [4.69, 9.17) is 9.47 Å². The smallest absolute Gasteiger partial charge is 0.269 e. The Hall–Kier alpha value is -0.380. The molecule has 0 aromatic carbocycles. The van der Waals surface area contributed by atoms with Gasteiger partial charge >= 0.3 is 0 Å². The van der Waals surface area contributed by atoms with Crippen LogP contribution in [0.2, 0.25) is 0 Å². The lowest BCUT2D eigenvalue weighted by molar-refractivity contribution is -0.305. The highest BCUT2D eigenvalue weighted by Crippen LogP contribution is 2.45. The second-order valence-electron chi connectivity index (χ2n) is 5.07. The quantitative estimate of drug-likeness (QED) is 0.591. The Morgan fingerprint density at radius 1 is 1.62 bits per heavy atom. The van der Waals surface area contributed by atoms with Crippen LogP contribution < -0.4 is 0 Å². The van der Waals surface area contributed by atoms with Crippen molar-refractivity contribution >= 4 is 0 Å². The maximum Gasteiger partial charge on any atom is 0.269 e. The van der Waals surface area contributed by atoms with E-state index in [-0.39, 0.29) is 5.60 Å². The Morgan fingerprint density at radius 3 is 3.12 bits per heavy atom. The van der Waals surface area contributed by atoms with E-state index in [1.54, 1.807) is 0 Å². The van der Waals surface area contributed by atoms with Crippen molar-refractivity contribution in [3.05, 3.63) is 11.6 Å². The van der Waals surface area contributed by atoms with Gasteiger partial charge in [-0.2, -0.15) is 0 Å². The molecular weight excluding hydrogens is 204 g/mol. The first-order valence-corrected chi connectivity index (χ1v) is 6.26. The van der Waals surface area contributed by atoms with Crippen LogP contribution in [0, 0.1) is 5.92 Å². The third-order valence-corrected chi connectivity index (χ3v) is 3.86. The molecule has 0 saturated heterocycles. The second-order valence-corrected chi connectivity index (χ2v) is 5.07. The number of allylic oxidation sites excluding steroid dienone is 1. The maximum absolute atomic E-state index is 9.51. The summed E-state index contributed by atoms with van der Waals surface area (Å²) in [6, 6.07) is 0. The summed E-state index contributed by atoms with van der Waals surface area (Å²) in [6.45, 7) is 1.14. The van der Waals surface area contributed by atoms with Crippen LogP contribution in [0.5, 0.6) is 0 Å². The van der Waals surface area contributed by atoms with Crippen molar-refractivity contribution in [3.63, 3.8) is 0 Å². The summed E-state index contributed by atoms with van der Waals surface area (Å²) in [6.07, 6.45) is 8.97. The van der Waals surface area contributed by atoms with E-state index >= 15 is 0 Å². The average molecular weight is 226 g/mol. The molecule has 1 fully saturated rings. The van der Waals surface area contributed by atoms with Gasteiger partial charge in [-0.25, -0.2) is 0 Å². The summed E-state index contributed by atoms with van der Waals surface area (Å²) < 4.78 is 10.5. The Morgan fingerprint density at radius 2 is 2.44 bits per heavy atom. The lowest BCUT2D eigenvalue weighted by Crippen LogP contribution is -2.43. The molecule has 92 valence electrons. The fourth-order valence-corrected chi connectivity index (χ4v) is 3.09. The van der Waals surface area contributed by atoms with E-state index in [2.05, 4.69) is 13.0 Å². The van der Waals surface area contributed by atoms with E-state index in [9.17, 15) is 5.11 Å². The monoisotopic (exact) mass is 226 g/mol. The molecule has 0 aliphatic heterocycles. The highest BCUT2D eigenvalue weighted by Gasteiger charge is 2.41. The number of methoxy groups -OCH3 is 1. The van der Waals surface area contributed by atoms with Gasteiger partial charge in [-0.1, -0.05) is 18.6 Å². The van der Waals surface area contributed by atoms with Gasteiger partial charge in [-0.05, 0) is 44.4 Å². The standard InChI is InChI=1S/C13H22O3/c1-3-10-7-11-5-4-6-13(8-10,9-11)16-12(14)15-2/h7,10,12,14H,3-6,8-9H2,1-2H3. The number of hydrogen-bond acceptors (Lipinski definition) is 3. The third kappa shape index (κ3) is 2.47. The number of rotatable bonds is 4. The molecule has 2 aliphatic rings. The molecule has 0 spiro atoms. The van der Waals surface area contributed by atoms with Gasteiger partial charge in [0, 0.05) is 7.11 Å². The molecule has 3 unspecified atom stereocenters. The maximum atomic E-state index is 9.51. The average Bonchev–Trinajstić information content (AvgIpc) is 2.27. The SMILES string of the molecule is CCC1C=C2CCCC(OC(O)OC)(C2)C1. The zero-order valence-electron chi connectivity index (χ0n) is 10.2. The molecule has 0 aromatic heterocycles. The molecule has 3 nitrogen and oxygen atoms in total. The van der Waals surface area contributed by atoms with Crippen molar-refractivity contribution in [3.8, 4) is 0 Å². The normalized spacial score (nSPS) is 35.7. The molecule has 0 radical (unpaired) electrons. The van der Waals surface area contributed by atoms with Gasteiger partial charge in [0.05, 0.1) is 5.60 Å². The largest absolute Gasteiger partial charge is 0.346 e. The Bertz CT molecular complexity index is 274. The highest BCUT2D eigenvalue weighted by molar-refractivity contribution is 5.17. The predicted molar refractivity (Wildman–Crippen MR) is 61.8 cm³/mol. The molecule has 2 aliphatic carbocycles. The van der Waals surface area contributed by atoms with Crippen molar-refractivity contribution < 1.29 is 14.6 Å². The molecular formula is C13H22O3. The fourth-order valence-electron chi connectivity index (χ4n) is 3.09. The minimum atomic E-state index is -1.07. The van der Waals surface area contributed by atoms with Gasteiger partial charge in [0.1, 0.15) is 0 Å². The minimum Gasteiger partial charge on any atom is -0.346 e. The Labute approximate surface area is 97.4 Å². The van der Waals surface area contributed by atoms with Gasteiger partial charge in [-0.3, -0.25) is 0 Å². The summed E-state index contributed by atoms with van der Waals surface area (Å²) >= 11 is 0. The fraction of sp³-hybridized carbons (Fsp3) is 0.846. The van der Waals surface area contributed by atoms with E-state index in [0.29, 0.717) is 5.92 Å². The molecule has 3 atom stereocenters. The first-order chi connectivity index (χ1) is 7.67. The molecule has 16 heavy (non-hydrogen) atoms. The van der Waals surface area contributed by atoms with Crippen molar-refractivity contribution in [1.82, 2.24) is 0 Å². The first-order valence-electron chi connectivity index (χ1n) is 6.26. The molecule has 3 heteroatoms. The summed E-state index contributed by atoms with van der Waals surface area (Å²) in [5.41, 5.74) is 1.34. The summed E-state index contributed by atoms with van der Waals surface area (Å²) in [4.78, 5) is 0. The molecule has 1 saturated carbocycles. The summed E-state index contributed by atoms with van der Waals surface area (Å²) in [7, 11) is 1.47. The van der Waals surface area contributed by atoms with Crippen LogP contribution in [-0.2, 0) is 9.47 Å².